The number of hydrogen-bond acceptors (Lipinski definition) is 2. The second kappa shape index (κ2) is 8.58. The summed E-state index contributed by atoms with van der Waals surface area (Å²) in [5, 5.41) is 3.88. The van der Waals surface area contributed by atoms with Crippen LogP contribution in [0.25, 0.3) is 0 Å². The lowest BCUT2D eigenvalue weighted by molar-refractivity contribution is 0.353. The van der Waals surface area contributed by atoms with Crippen molar-refractivity contribution in [1.82, 2.24) is 0 Å². The highest BCUT2D eigenvalue weighted by Gasteiger charge is 2.30. The van der Waals surface area contributed by atoms with Gasteiger partial charge in [-0.25, -0.2) is 4.99 Å². The number of methoxy groups -OCH3 is 1. The molecule has 6 heteroatoms. The van der Waals surface area contributed by atoms with E-state index in [0.29, 0.717) is 11.9 Å². The molecule has 1 fully saturated rings. The monoisotopic (exact) mass is 457 g/mol. The molecule has 1 aliphatic carbocycles. The molecule has 2 aromatic rings. The van der Waals surface area contributed by atoms with Crippen LogP contribution < -0.4 is 15.8 Å². The van der Waals surface area contributed by atoms with Crippen molar-refractivity contribution in [2.75, 3.05) is 12.4 Å². The number of guanidine groups is 1. The van der Waals surface area contributed by atoms with Crippen LogP contribution in [0.5, 0.6) is 5.75 Å². The number of ether oxygens (including phenoxy) is 1. The summed E-state index contributed by atoms with van der Waals surface area (Å²) in [5.41, 5.74) is 8.21. The molecule has 0 heterocycles. The number of nitrogens with zero attached hydrogens (tertiary/aromatic N) is 1. The van der Waals surface area contributed by atoms with Gasteiger partial charge < -0.3 is 15.8 Å². The maximum absolute atomic E-state index is 5.98. The predicted octanol–water partition coefficient (Wildman–Crippen LogP) is 4.64. The first-order chi connectivity index (χ1) is 11.1. The minimum absolute atomic E-state index is 0. The van der Waals surface area contributed by atoms with E-state index in [9.17, 15) is 0 Å². The maximum Gasteiger partial charge on any atom is 0.193 e. The number of nitrogens with one attached hydrogen (secondary N) is 1. The molecule has 1 saturated carbocycles. The number of nitrogens with two attached hydrogens (primary N) is 1. The molecule has 3 rings (SSSR count). The average molecular weight is 458 g/mol. The van der Waals surface area contributed by atoms with Gasteiger partial charge in [0.2, 0.25) is 0 Å². The van der Waals surface area contributed by atoms with E-state index in [2.05, 4.69) is 22.4 Å². The van der Waals surface area contributed by atoms with Crippen LogP contribution in [0, 0.1) is 0 Å². The molecule has 24 heavy (non-hydrogen) atoms. The predicted molar refractivity (Wildman–Crippen MR) is 111 cm³/mol. The van der Waals surface area contributed by atoms with Gasteiger partial charge in [-0.2, -0.15) is 0 Å². The van der Waals surface area contributed by atoms with E-state index in [1.807, 2.05) is 36.4 Å². The molecule has 0 aromatic heterocycles. The molecule has 0 spiro atoms. The Morgan fingerprint density at radius 2 is 1.75 bits per heavy atom. The van der Waals surface area contributed by atoms with Crippen molar-refractivity contribution in [2.45, 2.75) is 24.8 Å². The Kier molecular flexibility index (Phi) is 6.74. The minimum atomic E-state index is 0. The van der Waals surface area contributed by atoms with Crippen molar-refractivity contribution in [3.63, 3.8) is 0 Å². The summed E-state index contributed by atoms with van der Waals surface area (Å²) in [6.45, 7) is 0. The summed E-state index contributed by atoms with van der Waals surface area (Å²) in [6.07, 6.45) is 2.04. The van der Waals surface area contributed by atoms with Crippen molar-refractivity contribution in [3.05, 3.63) is 59.1 Å². The second-order valence-corrected chi connectivity index (χ2v) is 6.18. The highest BCUT2D eigenvalue weighted by Crippen LogP contribution is 2.39. The number of halogens is 2. The van der Waals surface area contributed by atoms with Gasteiger partial charge in [-0.1, -0.05) is 23.7 Å². The molecule has 1 aliphatic rings. The molecule has 0 unspecified atom stereocenters. The minimum Gasteiger partial charge on any atom is -0.497 e. The Morgan fingerprint density at radius 1 is 1.12 bits per heavy atom. The van der Waals surface area contributed by atoms with E-state index in [0.717, 1.165) is 29.3 Å². The molecule has 2 aromatic carbocycles. The molecule has 0 atom stereocenters. The van der Waals surface area contributed by atoms with Gasteiger partial charge in [-0.05, 0) is 60.7 Å². The molecular weight excluding hydrogens is 437 g/mol. The lowest BCUT2D eigenvalue weighted by atomic mass is 9.76. The topological polar surface area (TPSA) is 59.6 Å². The molecule has 4 nitrogen and oxygen atoms in total. The van der Waals surface area contributed by atoms with Crippen molar-refractivity contribution < 1.29 is 4.74 Å². The van der Waals surface area contributed by atoms with Gasteiger partial charge in [0.25, 0.3) is 0 Å². The van der Waals surface area contributed by atoms with Crippen molar-refractivity contribution in [1.29, 1.82) is 0 Å². The smallest absolute Gasteiger partial charge is 0.193 e. The quantitative estimate of drug-likeness (QED) is 0.399. The summed E-state index contributed by atoms with van der Waals surface area (Å²) >= 11 is 5.92. The third-order valence-corrected chi connectivity index (χ3v) is 4.39. The van der Waals surface area contributed by atoms with Gasteiger partial charge in [-0.15, -0.1) is 24.0 Å². The van der Waals surface area contributed by atoms with E-state index in [1.165, 1.54) is 5.56 Å². The fourth-order valence-corrected chi connectivity index (χ4v) is 2.88. The van der Waals surface area contributed by atoms with Crippen LogP contribution in [0.4, 0.5) is 5.69 Å². The number of anilines is 1. The SMILES string of the molecule is COc1ccc(NC(N)=NC2CC(c3ccc(Cl)cc3)C2)cc1.I. The number of rotatable bonds is 4. The Balaban J connectivity index is 0.00000208. The van der Waals surface area contributed by atoms with E-state index in [-0.39, 0.29) is 30.0 Å². The van der Waals surface area contributed by atoms with E-state index < -0.39 is 0 Å². The van der Waals surface area contributed by atoms with Gasteiger partial charge in [0, 0.05) is 10.7 Å². The molecule has 0 amide bonds. The van der Waals surface area contributed by atoms with Crippen molar-refractivity contribution in [3.8, 4) is 5.75 Å². The summed E-state index contributed by atoms with van der Waals surface area (Å²) in [7, 11) is 1.64. The van der Waals surface area contributed by atoms with Crippen molar-refractivity contribution >= 4 is 47.2 Å². The van der Waals surface area contributed by atoms with Gasteiger partial charge in [-0.3, -0.25) is 0 Å². The lowest BCUT2D eigenvalue weighted by Crippen LogP contribution is -2.31. The van der Waals surface area contributed by atoms with Crippen LogP contribution in [0.2, 0.25) is 5.02 Å². The van der Waals surface area contributed by atoms with Crippen LogP contribution in [-0.2, 0) is 0 Å². The van der Waals surface area contributed by atoms with Gasteiger partial charge in [0.05, 0.1) is 13.2 Å². The summed E-state index contributed by atoms with van der Waals surface area (Å²) in [4.78, 5) is 4.54. The van der Waals surface area contributed by atoms with Crippen molar-refractivity contribution in [2.24, 2.45) is 10.7 Å². The second-order valence-electron chi connectivity index (χ2n) is 5.74. The third-order valence-electron chi connectivity index (χ3n) is 4.14. The summed E-state index contributed by atoms with van der Waals surface area (Å²) in [5.74, 6) is 1.82. The molecule has 0 aliphatic heterocycles. The van der Waals surface area contributed by atoms with E-state index in [1.54, 1.807) is 7.11 Å². The molecule has 3 N–H and O–H groups in total. The highest BCUT2D eigenvalue weighted by molar-refractivity contribution is 14.0. The molecule has 0 saturated heterocycles. The molecule has 0 radical (unpaired) electrons. The van der Waals surface area contributed by atoms with Gasteiger partial charge >= 0.3 is 0 Å². The molecule has 128 valence electrons. The van der Waals surface area contributed by atoms with E-state index >= 15 is 0 Å². The Bertz CT molecular complexity index is 682. The normalized spacial score (nSPS) is 19.8. The first kappa shape index (κ1) is 18.9. The van der Waals surface area contributed by atoms with Gasteiger partial charge in [0.1, 0.15) is 5.75 Å². The van der Waals surface area contributed by atoms with Crippen LogP contribution in [0.15, 0.2) is 53.5 Å². The number of hydrogen-bond donors (Lipinski definition) is 2. The highest BCUT2D eigenvalue weighted by atomic mass is 127. The zero-order valence-corrected chi connectivity index (χ0v) is 16.5. The molecular formula is C18H21ClIN3O. The Labute approximate surface area is 164 Å². The number of benzene rings is 2. The van der Waals surface area contributed by atoms with E-state index in [4.69, 9.17) is 22.1 Å². The van der Waals surface area contributed by atoms with Crippen LogP contribution >= 0.6 is 35.6 Å². The van der Waals surface area contributed by atoms with Crippen LogP contribution in [0.3, 0.4) is 0 Å². The first-order valence-corrected chi connectivity index (χ1v) is 8.01. The molecule has 0 bridgehead atoms. The Morgan fingerprint density at radius 3 is 2.33 bits per heavy atom. The fourth-order valence-electron chi connectivity index (χ4n) is 2.75. The number of aliphatic imine (C=N–C) groups is 1. The zero-order chi connectivity index (χ0) is 16.2. The largest absolute Gasteiger partial charge is 0.497 e. The zero-order valence-electron chi connectivity index (χ0n) is 13.4. The fraction of sp³-hybridized carbons (Fsp3) is 0.278. The standard InChI is InChI=1S/C18H20ClN3O.HI/c1-23-17-8-6-15(7-9-17)21-18(20)22-16-10-13(11-16)12-2-4-14(19)5-3-12;/h2-9,13,16H,10-11H2,1H3,(H3,20,21,22);1H. The van der Waals surface area contributed by atoms with Crippen LogP contribution in [0.1, 0.15) is 24.3 Å². The summed E-state index contributed by atoms with van der Waals surface area (Å²) in [6, 6.07) is 15.9. The average Bonchev–Trinajstić information content (AvgIpc) is 2.52. The Hall–Kier alpha value is -1.47. The first-order valence-electron chi connectivity index (χ1n) is 7.64. The van der Waals surface area contributed by atoms with Gasteiger partial charge in [0.15, 0.2) is 5.96 Å². The third kappa shape index (κ3) is 4.77. The summed E-state index contributed by atoms with van der Waals surface area (Å²) < 4.78 is 5.13. The lowest BCUT2D eigenvalue weighted by Gasteiger charge is -2.33. The van der Waals surface area contributed by atoms with Crippen LogP contribution in [-0.4, -0.2) is 19.1 Å². The maximum atomic E-state index is 5.98.